The molecule has 4 rings (SSSR count). The van der Waals surface area contributed by atoms with Gasteiger partial charge in [0.25, 0.3) is 0 Å². The van der Waals surface area contributed by atoms with Gasteiger partial charge in [0.15, 0.2) is 5.82 Å². The molecule has 2 aliphatic heterocycles. The smallest absolute Gasteiger partial charge is 0.208 e. The Bertz CT molecular complexity index is 978. The number of hydrogen-bond acceptors (Lipinski definition) is 8. The number of nitrogens with zero attached hydrogens (tertiary/aromatic N) is 4. The fourth-order valence-electron chi connectivity index (χ4n) is 3.78. The molecule has 1 aromatic heterocycles. The molecular formula is C19H25N5O3S2. The van der Waals surface area contributed by atoms with Gasteiger partial charge < -0.3 is 4.74 Å². The SMILES string of the molecule is COCN1c2cc(CN3CCC(NS(C)(=O)=O)CC3)ccc2Sc2nccnc21. The Hall–Kier alpha value is -1.72. The normalized spacial score (nSPS) is 17.8. The highest BCUT2D eigenvalue weighted by atomic mass is 32.2. The highest BCUT2D eigenvalue weighted by molar-refractivity contribution is 7.99. The van der Waals surface area contributed by atoms with Gasteiger partial charge >= 0.3 is 0 Å². The fourth-order valence-corrected chi connectivity index (χ4v) is 5.61. The maximum Gasteiger partial charge on any atom is 0.208 e. The van der Waals surface area contributed by atoms with Crippen LogP contribution in [0.1, 0.15) is 18.4 Å². The predicted octanol–water partition coefficient (Wildman–Crippen LogP) is 2.20. The molecule has 0 bridgehead atoms. The van der Waals surface area contributed by atoms with Gasteiger partial charge in [-0.15, -0.1) is 0 Å². The van der Waals surface area contributed by atoms with Crippen LogP contribution in [-0.2, 0) is 21.3 Å². The first kappa shape index (κ1) is 20.5. The number of sulfonamides is 1. The molecule has 2 aromatic rings. The topological polar surface area (TPSA) is 87.7 Å². The average Bonchev–Trinajstić information content (AvgIpc) is 2.69. The minimum Gasteiger partial charge on any atom is -0.364 e. The zero-order valence-electron chi connectivity index (χ0n) is 16.5. The summed E-state index contributed by atoms with van der Waals surface area (Å²) in [4.78, 5) is 14.5. The van der Waals surface area contributed by atoms with Crippen LogP contribution in [0.5, 0.6) is 0 Å². The summed E-state index contributed by atoms with van der Waals surface area (Å²) in [6.45, 7) is 2.98. The number of rotatable bonds is 6. The average molecular weight is 436 g/mol. The summed E-state index contributed by atoms with van der Waals surface area (Å²) < 4.78 is 31.0. The molecule has 1 fully saturated rings. The molecule has 1 aromatic carbocycles. The van der Waals surface area contributed by atoms with Crippen LogP contribution in [0.15, 0.2) is 40.5 Å². The lowest BCUT2D eigenvalue weighted by Gasteiger charge is -2.33. The monoisotopic (exact) mass is 435 g/mol. The van der Waals surface area contributed by atoms with E-state index in [1.165, 1.54) is 11.8 Å². The summed E-state index contributed by atoms with van der Waals surface area (Å²) in [5.74, 6) is 0.816. The van der Waals surface area contributed by atoms with E-state index >= 15 is 0 Å². The van der Waals surface area contributed by atoms with E-state index < -0.39 is 10.0 Å². The number of anilines is 2. The number of aromatic nitrogens is 2. The Morgan fingerprint density at radius 2 is 2.00 bits per heavy atom. The van der Waals surface area contributed by atoms with Crippen LogP contribution in [0.2, 0.25) is 0 Å². The van der Waals surface area contributed by atoms with Crippen molar-refractivity contribution in [1.82, 2.24) is 19.6 Å². The van der Waals surface area contributed by atoms with E-state index in [9.17, 15) is 8.42 Å². The number of likely N-dealkylation sites (tertiary alicyclic amines) is 1. The molecule has 2 aliphatic rings. The van der Waals surface area contributed by atoms with Gasteiger partial charge in [-0.25, -0.2) is 23.1 Å². The molecule has 3 heterocycles. The number of methoxy groups -OCH3 is 1. The summed E-state index contributed by atoms with van der Waals surface area (Å²) in [5.41, 5.74) is 2.29. The first-order valence-corrected chi connectivity index (χ1v) is 12.2. The van der Waals surface area contributed by atoms with Gasteiger partial charge in [-0.05, 0) is 30.5 Å². The van der Waals surface area contributed by atoms with Crippen LogP contribution >= 0.6 is 11.8 Å². The second kappa shape index (κ2) is 8.57. The lowest BCUT2D eigenvalue weighted by atomic mass is 10.0. The van der Waals surface area contributed by atoms with Gasteiger partial charge in [-0.2, -0.15) is 0 Å². The maximum atomic E-state index is 11.4. The van der Waals surface area contributed by atoms with Crippen LogP contribution in [0.25, 0.3) is 0 Å². The lowest BCUT2D eigenvalue weighted by molar-refractivity contribution is 0.199. The van der Waals surface area contributed by atoms with Gasteiger partial charge in [-0.1, -0.05) is 17.8 Å². The maximum absolute atomic E-state index is 11.4. The van der Waals surface area contributed by atoms with Crippen LogP contribution in [0, 0.1) is 0 Å². The molecule has 0 saturated carbocycles. The minimum atomic E-state index is -3.15. The third-order valence-electron chi connectivity index (χ3n) is 5.06. The Kier molecular flexibility index (Phi) is 6.07. The number of benzene rings is 1. The van der Waals surface area contributed by atoms with Crippen LogP contribution < -0.4 is 9.62 Å². The van der Waals surface area contributed by atoms with Crippen molar-refractivity contribution in [3.8, 4) is 0 Å². The van der Waals surface area contributed by atoms with E-state index in [0.29, 0.717) is 6.73 Å². The standard InChI is InChI=1S/C19H25N5O3S2/c1-27-13-24-16-11-14(3-4-17(16)28-19-18(24)20-7-8-21-19)12-23-9-5-15(6-10-23)22-29(2,25)26/h3-4,7-8,11,15,22H,5-6,9-10,12-13H2,1-2H3. The molecule has 0 radical (unpaired) electrons. The van der Waals surface area contributed by atoms with Crippen molar-refractivity contribution in [3.05, 3.63) is 36.2 Å². The molecule has 0 atom stereocenters. The van der Waals surface area contributed by atoms with Crippen molar-refractivity contribution in [2.24, 2.45) is 0 Å². The molecule has 0 spiro atoms. The summed E-state index contributed by atoms with van der Waals surface area (Å²) in [5, 5.41) is 0.880. The van der Waals surface area contributed by atoms with Crippen molar-refractivity contribution in [2.75, 3.05) is 38.1 Å². The van der Waals surface area contributed by atoms with Crippen molar-refractivity contribution in [1.29, 1.82) is 0 Å². The highest BCUT2D eigenvalue weighted by Gasteiger charge is 2.26. The third kappa shape index (κ3) is 4.89. The Balaban J connectivity index is 1.47. The van der Waals surface area contributed by atoms with Crippen molar-refractivity contribution in [3.63, 3.8) is 0 Å². The first-order valence-electron chi connectivity index (χ1n) is 9.51. The van der Waals surface area contributed by atoms with Crippen LogP contribution in [-0.4, -0.2) is 62.5 Å². The fraction of sp³-hybridized carbons (Fsp3) is 0.474. The van der Waals surface area contributed by atoms with Gasteiger partial charge in [0.1, 0.15) is 11.8 Å². The molecule has 8 nitrogen and oxygen atoms in total. The van der Waals surface area contributed by atoms with Gasteiger partial charge in [0.2, 0.25) is 10.0 Å². The number of nitrogens with one attached hydrogen (secondary N) is 1. The summed E-state index contributed by atoms with van der Waals surface area (Å²) in [6, 6.07) is 6.51. The van der Waals surface area contributed by atoms with E-state index in [1.54, 1.807) is 31.3 Å². The largest absolute Gasteiger partial charge is 0.364 e. The molecule has 0 aliphatic carbocycles. The summed E-state index contributed by atoms with van der Waals surface area (Å²) in [7, 11) is -1.47. The lowest BCUT2D eigenvalue weighted by Crippen LogP contribution is -2.43. The molecule has 29 heavy (non-hydrogen) atoms. The quantitative estimate of drug-likeness (QED) is 0.739. The van der Waals surface area contributed by atoms with Crippen molar-refractivity contribution >= 4 is 33.3 Å². The van der Waals surface area contributed by atoms with Gasteiger partial charge in [-0.3, -0.25) is 9.80 Å². The van der Waals surface area contributed by atoms with Gasteiger partial charge in [0, 0.05) is 50.1 Å². The molecule has 1 saturated heterocycles. The number of hydrogen-bond donors (Lipinski definition) is 1. The Labute approximate surface area is 175 Å². The summed E-state index contributed by atoms with van der Waals surface area (Å²) >= 11 is 1.62. The predicted molar refractivity (Wildman–Crippen MR) is 113 cm³/mol. The van der Waals surface area contributed by atoms with E-state index in [-0.39, 0.29) is 6.04 Å². The summed E-state index contributed by atoms with van der Waals surface area (Å²) in [6.07, 6.45) is 6.28. The molecular weight excluding hydrogens is 410 g/mol. The molecule has 156 valence electrons. The van der Waals surface area contributed by atoms with Crippen LogP contribution in [0.4, 0.5) is 11.5 Å². The van der Waals surface area contributed by atoms with Crippen molar-refractivity contribution < 1.29 is 13.2 Å². The highest BCUT2D eigenvalue weighted by Crippen LogP contribution is 2.46. The number of piperidine rings is 1. The second-order valence-electron chi connectivity index (χ2n) is 7.38. The van der Waals surface area contributed by atoms with E-state index in [0.717, 1.165) is 53.9 Å². The minimum absolute atomic E-state index is 0.0356. The molecule has 0 amide bonds. The van der Waals surface area contributed by atoms with E-state index in [1.807, 2.05) is 0 Å². The second-order valence-corrected chi connectivity index (χ2v) is 10.2. The Morgan fingerprint density at radius 3 is 2.72 bits per heavy atom. The Morgan fingerprint density at radius 1 is 1.24 bits per heavy atom. The van der Waals surface area contributed by atoms with Crippen LogP contribution in [0.3, 0.4) is 0 Å². The zero-order valence-corrected chi connectivity index (χ0v) is 18.2. The third-order valence-corrected chi connectivity index (χ3v) is 6.86. The van der Waals surface area contributed by atoms with E-state index in [2.05, 4.69) is 42.7 Å². The number of fused-ring (bicyclic) bond motifs is 2. The number of ether oxygens (including phenoxy) is 1. The molecule has 0 unspecified atom stereocenters. The zero-order chi connectivity index (χ0) is 20.4. The van der Waals surface area contributed by atoms with Gasteiger partial charge in [0.05, 0.1) is 11.9 Å². The first-order chi connectivity index (χ1) is 13.9. The van der Waals surface area contributed by atoms with E-state index in [4.69, 9.17) is 4.74 Å². The molecule has 1 N–H and O–H groups in total. The molecule has 10 heteroatoms. The van der Waals surface area contributed by atoms with Crippen molar-refractivity contribution in [2.45, 2.75) is 35.3 Å².